The van der Waals surface area contributed by atoms with Gasteiger partial charge in [0.15, 0.2) is 5.82 Å². The molecule has 0 aliphatic carbocycles. The molecule has 126 valence electrons. The van der Waals surface area contributed by atoms with Gasteiger partial charge < -0.3 is 10.6 Å². The van der Waals surface area contributed by atoms with Crippen LogP contribution in [0.1, 0.15) is 27.0 Å². The normalized spacial score (nSPS) is 10.3. The molecular weight excluding hydrogens is 312 g/mol. The minimum Gasteiger partial charge on any atom is -0.365 e. The number of nitrogens with one attached hydrogen (secondary N) is 2. The van der Waals surface area contributed by atoms with Crippen LogP contribution in [0.5, 0.6) is 0 Å². The van der Waals surface area contributed by atoms with Crippen molar-refractivity contribution in [3.63, 3.8) is 0 Å². The van der Waals surface area contributed by atoms with Crippen LogP contribution in [0.25, 0.3) is 0 Å². The van der Waals surface area contributed by atoms with Crippen molar-refractivity contribution in [2.24, 2.45) is 0 Å². The summed E-state index contributed by atoms with van der Waals surface area (Å²) in [6.45, 7) is 4.69. The SMILES string of the molecule is Cc1cccc(CNc2ccc(NC(=O)c3cccc(C)c3)nn2)c1. The number of nitrogens with zero attached hydrogens (tertiary/aromatic N) is 2. The van der Waals surface area contributed by atoms with E-state index in [1.807, 2.05) is 31.2 Å². The first-order valence-electron chi connectivity index (χ1n) is 8.11. The average molecular weight is 332 g/mol. The van der Waals surface area contributed by atoms with Crippen molar-refractivity contribution >= 4 is 17.5 Å². The van der Waals surface area contributed by atoms with Gasteiger partial charge in [-0.25, -0.2) is 0 Å². The second kappa shape index (κ2) is 7.57. The smallest absolute Gasteiger partial charge is 0.256 e. The zero-order valence-electron chi connectivity index (χ0n) is 14.3. The van der Waals surface area contributed by atoms with E-state index in [2.05, 4.69) is 46.0 Å². The van der Waals surface area contributed by atoms with E-state index in [1.165, 1.54) is 11.1 Å². The number of amides is 1. The van der Waals surface area contributed by atoms with Gasteiger partial charge in [-0.05, 0) is 43.7 Å². The summed E-state index contributed by atoms with van der Waals surface area (Å²) < 4.78 is 0. The zero-order valence-corrected chi connectivity index (χ0v) is 14.3. The van der Waals surface area contributed by atoms with E-state index in [0.717, 1.165) is 5.56 Å². The third kappa shape index (κ3) is 4.64. The molecule has 0 fully saturated rings. The molecule has 2 N–H and O–H groups in total. The van der Waals surface area contributed by atoms with E-state index in [9.17, 15) is 4.79 Å². The summed E-state index contributed by atoms with van der Waals surface area (Å²) in [5.74, 6) is 0.890. The summed E-state index contributed by atoms with van der Waals surface area (Å²) in [4.78, 5) is 12.2. The molecular formula is C20H20N4O. The predicted octanol–water partition coefficient (Wildman–Crippen LogP) is 3.96. The number of aromatic nitrogens is 2. The first-order valence-corrected chi connectivity index (χ1v) is 8.11. The van der Waals surface area contributed by atoms with E-state index in [-0.39, 0.29) is 5.91 Å². The molecule has 25 heavy (non-hydrogen) atoms. The van der Waals surface area contributed by atoms with Gasteiger partial charge in [0, 0.05) is 12.1 Å². The molecule has 3 rings (SSSR count). The van der Waals surface area contributed by atoms with Crippen molar-refractivity contribution in [3.05, 3.63) is 82.9 Å². The molecule has 1 aromatic heterocycles. The van der Waals surface area contributed by atoms with Crippen molar-refractivity contribution in [2.75, 3.05) is 10.6 Å². The Morgan fingerprint density at radius 1 is 0.880 bits per heavy atom. The fourth-order valence-corrected chi connectivity index (χ4v) is 2.48. The van der Waals surface area contributed by atoms with Gasteiger partial charge in [0.25, 0.3) is 5.91 Å². The minimum absolute atomic E-state index is 0.196. The Morgan fingerprint density at radius 3 is 2.24 bits per heavy atom. The highest BCUT2D eigenvalue weighted by Crippen LogP contribution is 2.11. The van der Waals surface area contributed by atoms with Crippen molar-refractivity contribution < 1.29 is 4.79 Å². The lowest BCUT2D eigenvalue weighted by Gasteiger charge is -2.07. The van der Waals surface area contributed by atoms with Crippen LogP contribution in [0, 0.1) is 13.8 Å². The van der Waals surface area contributed by atoms with E-state index in [0.29, 0.717) is 23.7 Å². The van der Waals surface area contributed by atoms with Crippen LogP contribution in [0.15, 0.2) is 60.7 Å². The molecule has 0 atom stereocenters. The highest BCUT2D eigenvalue weighted by Gasteiger charge is 2.07. The maximum Gasteiger partial charge on any atom is 0.256 e. The molecule has 0 radical (unpaired) electrons. The highest BCUT2D eigenvalue weighted by molar-refractivity contribution is 6.03. The molecule has 1 heterocycles. The summed E-state index contributed by atoms with van der Waals surface area (Å²) in [5.41, 5.74) is 4.04. The second-order valence-electron chi connectivity index (χ2n) is 5.97. The van der Waals surface area contributed by atoms with E-state index in [4.69, 9.17) is 0 Å². The molecule has 0 unspecified atom stereocenters. The average Bonchev–Trinajstić information content (AvgIpc) is 2.61. The van der Waals surface area contributed by atoms with Crippen LogP contribution in [0.4, 0.5) is 11.6 Å². The van der Waals surface area contributed by atoms with Gasteiger partial charge >= 0.3 is 0 Å². The topological polar surface area (TPSA) is 66.9 Å². The lowest BCUT2D eigenvalue weighted by atomic mass is 10.1. The van der Waals surface area contributed by atoms with E-state index in [1.54, 1.807) is 18.2 Å². The maximum absolute atomic E-state index is 12.2. The van der Waals surface area contributed by atoms with Crippen molar-refractivity contribution in [3.8, 4) is 0 Å². The monoisotopic (exact) mass is 332 g/mol. The highest BCUT2D eigenvalue weighted by atomic mass is 16.1. The van der Waals surface area contributed by atoms with Gasteiger partial charge in [0.2, 0.25) is 0 Å². The van der Waals surface area contributed by atoms with Crippen LogP contribution in [-0.4, -0.2) is 16.1 Å². The quantitative estimate of drug-likeness (QED) is 0.742. The van der Waals surface area contributed by atoms with Gasteiger partial charge in [-0.2, -0.15) is 0 Å². The molecule has 1 amide bonds. The maximum atomic E-state index is 12.2. The van der Waals surface area contributed by atoms with Crippen molar-refractivity contribution in [1.29, 1.82) is 0 Å². The zero-order chi connectivity index (χ0) is 17.6. The summed E-state index contributed by atoms with van der Waals surface area (Å²) in [6, 6.07) is 19.2. The molecule has 0 spiro atoms. The van der Waals surface area contributed by atoms with Gasteiger partial charge in [0.1, 0.15) is 5.82 Å². The Hall–Kier alpha value is -3.21. The Labute approximate surface area is 147 Å². The Bertz CT molecular complexity index is 875. The molecule has 0 saturated heterocycles. The predicted molar refractivity (Wildman–Crippen MR) is 99.7 cm³/mol. The lowest BCUT2D eigenvalue weighted by Crippen LogP contribution is -2.13. The van der Waals surface area contributed by atoms with Crippen LogP contribution < -0.4 is 10.6 Å². The van der Waals surface area contributed by atoms with Crippen LogP contribution in [0.2, 0.25) is 0 Å². The summed E-state index contributed by atoms with van der Waals surface area (Å²) in [7, 11) is 0. The van der Waals surface area contributed by atoms with Crippen LogP contribution in [0.3, 0.4) is 0 Å². The largest absolute Gasteiger partial charge is 0.365 e. The van der Waals surface area contributed by atoms with Crippen molar-refractivity contribution in [1.82, 2.24) is 10.2 Å². The Morgan fingerprint density at radius 2 is 1.56 bits per heavy atom. The van der Waals surface area contributed by atoms with Crippen LogP contribution in [-0.2, 0) is 6.54 Å². The number of hydrogen-bond donors (Lipinski definition) is 2. The summed E-state index contributed by atoms with van der Waals surface area (Å²) >= 11 is 0. The standard InChI is InChI=1S/C20H20N4O/c1-14-5-3-7-16(11-14)13-21-18-9-10-19(24-23-18)22-20(25)17-8-4-6-15(2)12-17/h3-12H,13H2,1-2H3,(H,21,23)(H,22,24,25). The molecule has 0 aliphatic rings. The Balaban J connectivity index is 1.59. The molecule has 0 bridgehead atoms. The summed E-state index contributed by atoms with van der Waals surface area (Å²) in [6.07, 6.45) is 0. The molecule has 0 aliphatic heterocycles. The molecule has 2 aromatic carbocycles. The second-order valence-corrected chi connectivity index (χ2v) is 5.97. The third-order valence-electron chi connectivity index (χ3n) is 3.74. The molecule has 5 nitrogen and oxygen atoms in total. The first-order chi connectivity index (χ1) is 12.1. The minimum atomic E-state index is -0.196. The van der Waals surface area contributed by atoms with Gasteiger partial charge in [-0.1, -0.05) is 47.5 Å². The molecule has 5 heteroatoms. The van der Waals surface area contributed by atoms with Gasteiger partial charge in [0.05, 0.1) is 0 Å². The Kier molecular flexibility index (Phi) is 5.04. The number of carbonyl (C=O) groups is 1. The number of carbonyl (C=O) groups excluding carboxylic acids is 1. The fourth-order valence-electron chi connectivity index (χ4n) is 2.48. The van der Waals surface area contributed by atoms with Crippen molar-refractivity contribution in [2.45, 2.75) is 20.4 Å². The summed E-state index contributed by atoms with van der Waals surface area (Å²) in [5, 5.41) is 14.1. The van der Waals surface area contributed by atoms with Gasteiger partial charge in [-0.3, -0.25) is 4.79 Å². The van der Waals surface area contributed by atoms with Crippen LogP contribution >= 0.6 is 0 Å². The third-order valence-corrected chi connectivity index (χ3v) is 3.74. The molecule has 0 saturated carbocycles. The van der Waals surface area contributed by atoms with E-state index >= 15 is 0 Å². The first kappa shape index (κ1) is 16.6. The fraction of sp³-hybridized carbons (Fsp3) is 0.150. The lowest BCUT2D eigenvalue weighted by molar-refractivity contribution is 0.102. The number of benzene rings is 2. The number of hydrogen-bond acceptors (Lipinski definition) is 4. The van der Waals surface area contributed by atoms with E-state index < -0.39 is 0 Å². The van der Waals surface area contributed by atoms with Gasteiger partial charge in [-0.15, -0.1) is 10.2 Å². The number of rotatable bonds is 5. The molecule has 3 aromatic rings. The number of aryl methyl sites for hydroxylation is 2. The number of anilines is 2.